The summed E-state index contributed by atoms with van der Waals surface area (Å²) < 4.78 is 44.4. The van der Waals surface area contributed by atoms with E-state index in [1.807, 2.05) is 0 Å². The van der Waals surface area contributed by atoms with Gasteiger partial charge >= 0.3 is 0 Å². The molecule has 8 nitrogen and oxygen atoms in total. The number of aromatic nitrogens is 2. The fourth-order valence-electron chi connectivity index (χ4n) is 3.05. The van der Waals surface area contributed by atoms with Crippen LogP contribution in [-0.4, -0.2) is 25.4 Å². The van der Waals surface area contributed by atoms with Crippen LogP contribution in [-0.2, 0) is 10.0 Å². The van der Waals surface area contributed by atoms with Gasteiger partial charge in [0.1, 0.15) is 0 Å². The van der Waals surface area contributed by atoms with E-state index in [9.17, 15) is 8.42 Å². The molecule has 144 valence electrons. The van der Waals surface area contributed by atoms with Crippen molar-refractivity contribution in [1.82, 2.24) is 10.1 Å². The molecular formula is C19H17N3O5S. The zero-order chi connectivity index (χ0) is 19.3. The van der Waals surface area contributed by atoms with E-state index in [0.29, 0.717) is 45.9 Å². The Morgan fingerprint density at radius 3 is 2.71 bits per heavy atom. The van der Waals surface area contributed by atoms with Gasteiger partial charge in [-0.25, -0.2) is 8.42 Å². The summed E-state index contributed by atoms with van der Waals surface area (Å²) >= 11 is 0. The molecule has 0 bridgehead atoms. The van der Waals surface area contributed by atoms with Gasteiger partial charge in [-0.05, 0) is 43.5 Å². The Morgan fingerprint density at radius 1 is 1.07 bits per heavy atom. The zero-order valence-corrected chi connectivity index (χ0v) is 15.8. The first-order valence-electron chi connectivity index (χ1n) is 8.87. The average molecular weight is 399 g/mol. The van der Waals surface area contributed by atoms with Gasteiger partial charge in [0.25, 0.3) is 10.0 Å². The van der Waals surface area contributed by atoms with E-state index in [1.54, 1.807) is 43.3 Å². The van der Waals surface area contributed by atoms with E-state index < -0.39 is 10.0 Å². The summed E-state index contributed by atoms with van der Waals surface area (Å²) in [7, 11) is -3.82. The van der Waals surface area contributed by atoms with Gasteiger partial charge in [-0.3, -0.25) is 4.72 Å². The lowest BCUT2D eigenvalue weighted by Gasteiger charge is -2.11. The van der Waals surface area contributed by atoms with E-state index in [0.717, 1.165) is 12.8 Å². The van der Waals surface area contributed by atoms with Crippen LogP contribution in [0.3, 0.4) is 0 Å². The number of sulfonamides is 1. The zero-order valence-electron chi connectivity index (χ0n) is 15.0. The molecule has 0 unspecified atom stereocenters. The maximum absolute atomic E-state index is 13.0. The molecule has 0 atom stereocenters. The van der Waals surface area contributed by atoms with Gasteiger partial charge in [0.15, 0.2) is 11.5 Å². The van der Waals surface area contributed by atoms with Crippen molar-refractivity contribution in [1.29, 1.82) is 0 Å². The van der Waals surface area contributed by atoms with Crippen LogP contribution in [0.4, 0.5) is 5.69 Å². The highest BCUT2D eigenvalue weighted by atomic mass is 32.2. The lowest BCUT2D eigenvalue weighted by atomic mass is 10.1. The third-order valence-electron chi connectivity index (χ3n) is 4.73. The lowest BCUT2D eigenvalue weighted by molar-refractivity contribution is 0.174. The van der Waals surface area contributed by atoms with E-state index in [1.165, 1.54) is 0 Å². The molecular weight excluding hydrogens is 382 g/mol. The van der Waals surface area contributed by atoms with Gasteiger partial charge < -0.3 is 14.0 Å². The topological polar surface area (TPSA) is 104 Å². The van der Waals surface area contributed by atoms with Crippen molar-refractivity contribution in [2.24, 2.45) is 0 Å². The van der Waals surface area contributed by atoms with Crippen LogP contribution in [0.5, 0.6) is 11.5 Å². The normalized spacial score (nSPS) is 15.6. The number of nitrogens with one attached hydrogen (secondary N) is 1. The summed E-state index contributed by atoms with van der Waals surface area (Å²) in [6, 6.07) is 9.98. The first-order chi connectivity index (χ1) is 13.5. The summed E-state index contributed by atoms with van der Waals surface area (Å²) in [5.74, 6) is 2.43. The van der Waals surface area contributed by atoms with Crippen LogP contribution in [0.2, 0.25) is 0 Å². The second-order valence-corrected chi connectivity index (χ2v) is 8.54. The summed E-state index contributed by atoms with van der Waals surface area (Å²) in [6.07, 6.45) is 2.10. The van der Waals surface area contributed by atoms with E-state index in [4.69, 9.17) is 14.0 Å². The summed E-state index contributed by atoms with van der Waals surface area (Å²) in [4.78, 5) is 4.55. The smallest absolute Gasteiger partial charge is 0.262 e. The van der Waals surface area contributed by atoms with E-state index >= 15 is 0 Å². The first kappa shape index (κ1) is 17.1. The van der Waals surface area contributed by atoms with Crippen LogP contribution in [0, 0.1) is 6.92 Å². The Hall–Kier alpha value is -3.07. The largest absolute Gasteiger partial charge is 0.454 e. The summed E-state index contributed by atoms with van der Waals surface area (Å²) in [5.41, 5.74) is 1.60. The minimum atomic E-state index is -3.82. The van der Waals surface area contributed by atoms with Crippen molar-refractivity contribution in [3.63, 3.8) is 0 Å². The number of ether oxygens (including phenoxy) is 2. The molecule has 0 radical (unpaired) electrons. The van der Waals surface area contributed by atoms with E-state index in [-0.39, 0.29) is 11.7 Å². The molecule has 1 fully saturated rings. The SMILES string of the molecule is Cc1ccc(-c2noc(C3CC3)n2)cc1S(=O)(=O)Nc1ccc2c(c1)OCO2. The van der Waals surface area contributed by atoms with E-state index in [2.05, 4.69) is 14.9 Å². The van der Waals surface area contributed by atoms with Gasteiger partial charge in [0.2, 0.25) is 18.5 Å². The third-order valence-corrected chi connectivity index (χ3v) is 6.25. The van der Waals surface area contributed by atoms with Crippen molar-refractivity contribution >= 4 is 15.7 Å². The van der Waals surface area contributed by atoms with Gasteiger partial charge in [0, 0.05) is 17.5 Å². The summed E-state index contributed by atoms with van der Waals surface area (Å²) in [6.45, 7) is 1.87. The van der Waals surface area contributed by atoms with Gasteiger partial charge in [0.05, 0.1) is 10.6 Å². The first-order valence-corrected chi connectivity index (χ1v) is 10.3. The number of nitrogens with zero attached hydrogens (tertiary/aromatic N) is 2. The number of hydrogen-bond donors (Lipinski definition) is 1. The van der Waals surface area contributed by atoms with Crippen LogP contribution < -0.4 is 14.2 Å². The molecule has 0 amide bonds. The van der Waals surface area contributed by atoms with Crippen molar-refractivity contribution in [2.75, 3.05) is 11.5 Å². The molecule has 5 rings (SSSR count). The molecule has 1 aliphatic carbocycles. The number of hydrogen-bond acceptors (Lipinski definition) is 7. The van der Waals surface area contributed by atoms with Crippen LogP contribution in [0.25, 0.3) is 11.4 Å². The Kier molecular flexibility index (Phi) is 3.80. The Bertz CT molecular complexity index is 1170. The average Bonchev–Trinajstić information content (AvgIpc) is 3.21. The van der Waals surface area contributed by atoms with Gasteiger partial charge in [-0.15, -0.1) is 0 Å². The van der Waals surface area contributed by atoms with Crippen molar-refractivity contribution in [3.05, 3.63) is 47.9 Å². The Labute approximate surface area is 161 Å². The molecule has 2 aromatic carbocycles. The second kappa shape index (κ2) is 6.23. The Morgan fingerprint density at radius 2 is 1.89 bits per heavy atom. The van der Waals surface area contributed by atoms with Crippen molar-refractivity contribution in [2.45, 2.75) is 30.6 Å². The number of aryl methyl sites for hydroxylation is 1. The highest BCUT2D eigenvalue weighted by Gasteiger charge is 2.30. The Balaban J connectivity index is 1.46. The fourth-order valence-corrected chi connectivity index (χ4v) is 4.37. The molecule has 2 aliphatic rings. The minimum Gasteiger partial charge on any atom is -0.454 e. The molecule has 1 N–H and O–H groups in total. The van der Waals surface area contributed by atoms with Gasteiger partial charge in [-0.1, -0.05) is 17.3 Å². The molecule has 9 heteroatoms. The molecule has 1 aliphatic heterocycles. The predicted octanol–water partition coefficient (Wildman–Crippen LogP) is 3.45. The van der Waals surface area contributed by atoms with Crippen LogP contribution in [0.15, 0.2) is 45.8 Å². The maximum atomic E-state index is 13.0. The van der Waals surface area contributed by atoms with Crippen LogP contribution in [0.1, 0.15) is 30.2 Å². The predicted molar refractivity (Wildman–Crippen MR) is 99.8 cm³/mol. The number of fused-ring (bicyclic) bond motifs is 1. The molecule has 3 aromatic rings. The minimum absolute atomic E-state index is 0.125. The fraction of sp³-hybridized carbons (Fsp3) is 0.263. The molecule has 1 saturated carbocycles. The highest BCUT2D eigenvalue weighted by molar-refractivity contribution is 7.92. The van der Waals surface area contributed by atoms with Crippen LogP contribution >= 0.6 is 0 Å². The monoisotopic (exact) mass is 399 g/mol. The second-order valence-electron chi connectivity index (χ2n) is 6.88. The standard InChI is InChI=1S/C19H17N3O5S/c1-11-2-3-13(18-20-19(27-21-18)12-4-5-12)8-17(11)28(23,24)22-14-6-7-15-16(9-14)26-10-25-15/h2-3,6-9,12,22H,4-5,10H2,1H3. The highest BCUT2D eigenvalue weighted by Crippen LogP contribution is 2.40. The number of anilines is 1. The van der Waals surface area contributed by atoms with Gasteiger partial charge in [-0.2, -0.15) is 4.98 Å². The summed E-state index contributed by atoms with van der Waals surface area (Å²) in [5, 5.41) is 3.99. The molecule has 0 spiro atoms. The molecule has 28 heavy (non-hydrogen) atoms. The number of rotatable bonds is 5. The molecule has 2 heterocycles. The lowest BCUT2D eigenvalue weighted by Crippen LogP contribution is -2.14. The van der Waals surface area contributed by atoms with Crippen molar-refractivity contribution in [3.8, 4) is 22.9 Å². The molecule has 1 aromatic heterocycles. The number of benzene rings is 2. The maximum Gasteiger partial charge on any atom is 0.262 e. The molecule has 0 saturated heterocycles. The quantitative estimate of drug-likeness (QED) is 0.701. The third kappa shape index (κ3) is 3.07. The van der Waals surface area contributed by atoms with Crippen molar-refractivity contribution < 1.29 is 22.4 Å².